The van der Waals surface area contributed by atoms with Gasteiger partial charge in [-0.3, -0.25) is 9.78 Å². The third-order valence-electron chi connectivity index (χ3n) is 2.98. The first-order chi connectivity index (χ1) is 10.8. The first-order valence-corrected chi connectivity index (χ1v) is 7.21. The molecular weight excluding hydrogens is 292 g/mol. The highest BCUT2D eigenvalue weighted by atomic mass is 16.2. The molecule has 0 aliphatic carbocycles. The molecule has 0 unspecified atom stereocenters. The molecule has 0 spiro atoms. The van der Waals surface area contributed by atoms with Crippen LogP contribution in [0.5, 0.6) is 0 Å². The lowest BCUT2D eigenvalue weighted by atomic mass is 10.0. The maximum absolute atomic E-state index is 11.8. The van der Waals surface area contributed by atoms with E-state index in [-0.39, 0.29) is 11.6 Å². The van der Waals surface area contributed by atoms with Gasteiger partial charge in [-0.2, -0.15) is 0 Å². The van der Waals surface area contributed by atoms with Crippen LogP contribution in [0.3, 0.4) is 0 Å². The van der Waals surface area contributed by atoms with Crippen molar-refractivity contribution in [3.63, 3.8) is 0 Å². The summed E-state index contributed by atoms with van der Waals surface area (Å²) >= 11 is 0. The van der Waals surface area contributed by atoms with Gasteiger partial charge in [0.15, 0.2) is 0 Å². The van der Waals surface area contributed by atoms with Gasteiger partial charge < -0.3 is 16.4 Å². The summed E-state index contributed by atoms with van der Waals surface area (Å²) in [6, 6.07) is 10.1. The van der Waals surface area contributed by atoms with Crippen molar-refractivity contribution in [1.82, 2.24) is 10.3 Å². The number of nitrogens with zero attached hydrogens (tertiary/aromatic N) is 1. The molecule has 1 aromatic heterocycles. The van der Waals surface area contributed by atoms with Gasteiger partial charge in [0.05, 0.1) is 17.6 Å². The molecule has 23 heavy (non-hydrogen) atoms. The monoisotopic (exact) mass is 312 g/mol. The summed E-state index contributed by atoms with van der Waals surface area (Å²) in [6.07, 6.45) is 1.54. The highest BCUT2D eigenvalue weighted by Gasteiger charge is 2.14. The van der Waals surface area contributed by atoms with Gasteiger partial charge in [-0.1, -0.05) is 18.2 Å². The van der Waals surface area contributed by atoms with E-state index in [1.165, 1.54) is 6.20 Å². The molecule has 0 bridgehead atoms. The van der Waals surface area contributed by atoms with Crippen LogP contribution in [0, 0.1) is 0 Å². The van der Waals surface area contributed by atoms with Gasteiger partial charge in [-0.25, -0.2) is 4.79 Å². The fraction of sp³-hybridized carbons (Fsp3) is 0.235. The minimum Gasteiger partial charge on any atom is -0.366 e. The Morgan fingerprint density at radius 1 is 1.09 bits per heavy atom. The molecule has 3 amide bonds. The van der Waals surface area contributed by atoms with Gasteiger partial charge in [0.2, 0.25) is 5.91 Å². The number of pyridine rings is 1. The lowest BCUT2D eigenvalue weighted by molar-refractivity contribution is 0.100. The number of nitrogens with two attached hydrogens (primary N) is 1. The van der Waals surface area contributed by atoms with E-state index in [4.69, 9.17) is 5.73 Å². The number of carbonyl (C=O) groups excluding carboxylic acids is 2. The van der Waals surface area contributed by atoms with Crippen molar-refractivity contribution >= 4 is 17.6 Å². The number of benzene rings is 1. The van der Waals surface area contributed by atoms with Crippen LogP contribution in [0.15, 0.2) is 42.6 Å². The summed E-state index contributed by atoms with van der Waals surface area (Å²) in [7, 11) is 0. The number of aromatic nitrogens is 1. The molecule has 0 fully saturated rings. The highest BCUT2D eigenvalue weighted by Crippen LogP contribution is 2.22. The Balaban J connectivity index is 2.18. The van der Waals surface area contributed by atoms with E-state index in [1.54, 1.807) is 30.3 Å². The molecule has 1 aromatic carbocycles. The number of carbonyl (C=O) groups is 2. The molecule has 0 aliphatic heterocycles. The topological polar surface area (TPSA) is 97.1 Å². The van der Waals surface area contributed by atoms with Crippen LogP contribution in [0.4, 0.5) is 10.5 Å². The molecule has 0 saturated heterocycles. The zero-order valence-corrected chi connectivity index (χ0v) is 13.4. The smallest absolute Gasteiger partial charge is 0.319 e. The summed E-state index contributed by atoms with van der Waals surface area (Å²) < 4.78 is 0. The summed E-state index contributed by atoms with van der Waals surface area (Å²) in [5.41, 5.74) is 7.29. The predicted molar refractivity (Wildman–Crippen MR) is 90.1 cm³/mol. The SMILES string of the molecule is CC(C)(C)NC(=O)Nc1ccc(-c2ccccc2C(N)=O)nc1. The van der Waals surface area contributed by atoms with Crippen molar-refractivity contribution in [2.24, 2.45) is 5.73 Å². The number of nitrogens with one attached hydrogen (secondary N) is 2. The third kappa shape index (κ3) is 4.54. The zero-order valence-electron chi connectivity index (χ0n) is 13.4. The van der Waals surface area contributed by atoms with Gasteiger partial charge in [-0.15, -0.1) is 0 Å². The summed E-state index contributed by atoms with van der Waals surface area (Å²) in [6.45, 7) is 5.69. The summed E-state index contributed by atoms with van der Waals surface area (Å²) in [4.78, 5) is 27.6. The molecule has 6 heteroatoms. The van der Waals surface area contributed by atoms with Crippen molar-refractivity contribution in [2.45, 2.75) is 26.3 Å². The van der Waals surface area contributed by atoms with Crippen LogP contribution in [0.1, 0.15) is 31.1 Å². The van der Waals surface area contributed by atoms with E-state index < -0.39 is 5.91 Å². The van der Waals surface area contributed by atoms with Gasteiger partial charge in [-0.05, 0) is 39.0 Å². The number of anilines is 1. The average molecular weight is 312 g/mol. The molecule has 120 valence electrons. The molecule has 0 atom stereocenters. The molecule has 2 rings (SSSR count). The second-order valence-corrected chi connectivity index (χ2v) is 6.17. The Morgan fingerprint density at radius 2 is 1.78 bits per heavy atom. The maximum atomic E-state index is 11.8. The van der Waals surface area contributed by atoms with E-state index in [9.17, 15) is 9.59 Å². The fourth-order valence-electron chi connectivity index (χ4n) is 2.05. The second kappa shape index (κ2) is 6.48. The first-order valence-electron chi connectivity index (χ1n) is 7.21. The molecule has 0 aliphatic rings. The van der Waals surface area contributed by atoms with Crippen LogP contribution < -0.4 is 16.4 Å². The van der Waals surface area contributed by atoms with Gasteiger partial charge in [0.1, 0.15) is 0 Å². The minimum absolute atomic E-state index is 0.301. The van der Waals surface area contributed by atoms with E-state index in [0.717, 1.165) is 0 Å². The van der Waals surface area contributed by atoms with Crippen molar-refractivity contribution in [2.75, 3.05) is 5.32 Å². The Labute approximate surface area is 135 Å². The lowest BCUT2D eigenvalue weighted by Crippen LogP contribution is -2.43. The molecule has 1 heterocycles. The van der Waals surface area contributed by atoms with Crippen LogP contribution in [0.25, 0.3) is 11.3 Å². The summed E-state index contributed by atoms with van der Waals surface area (Å²) in [5, 5.41) is 5.51. The van der Waals surface area contributed by atoms with Gasteiger partial charge in [0, 0.05) is 16.7 Å². The first kappa shape index (κ1) is 16.5. The lowest BCUT2D eigenvalue weighted by Gasteiger charge is -2.20. The molecule has 4 N–H and O–H groups in total. The van der Waals surface area contributed by atoms with Crippen LogP contribution in [0.2, 0.25) is 0 Å². The van der Waals surface area contributed by atoms with E-state index in [2.05, 4.69) is 15.6 Å². The average Bonchev–Trinajstić information content (AvgIpc) is 2.46. The van der Waals surface area contributed by atoms with Crippen molar-refractivity contribution in [1.29, 1.82) is 0 Å². The molecule has 6 nitrogen and oxygen atoms in total. The van der Waals surface area contributed by atoms with Crippen LogP contribution >= 0.6 is 0 Å². The molecule has 2 aromatic rings. The Hall–Kier alpha value is -2.89. The Bertz CT molecular complexity index is 718. The Kier molecular flexibility index (Phi) is 4.64. The molecule has 0 saturated carbocycles. The predicted octanol–water partition coefficient (Wildman–Crippen LogP) is 2.77. The summed E-state index contributed by atoms with van der Waals surface area (Å²) in [5.74, 6) is -0.505. The van der Waals surface area contributed by atoms with E-state index >= 15 is 0 Å². The largest absolute Gasteiger partial charge is 0.366 e. The number of primary amides is 1. The third-order valence-corrected chi connectivity index (χ3v) is 2.98. The molecule has 0 radical (unpaired) electrons. The quantitative estimate of drug-likeness (QED) is 0.813. The maximum Gasteiger partial charge on any atom is 0.319 e. The number of rotatable bonds is 3. The van der Waals surface area contributed by atoms with E-state index in [0.29, 0.717) is 22.5 Å². The van der Waals surface area contributed by atoms with Gasteiger partial charge >= 0.3 is 6.03 Å². The number of hydrogen-bond acceptors (Lipinski definition) is 3. The number of hydrogen-bond donors (Lipinski definition) is 3. The van der Waals surface area contributed by atoms with Crippen molar-refractivity contribution in [3.05, 3.63) is 48.2 Å². The van der Waals surface area contributed by atoms with Crippen molar-refractivity contribution < 1.29 is 9.59 Å². The van der Waals surface area contributed by atoms with Crippen LogP contribution in [-0.2, 0) is 0 Å². The molecular formula is C17H20N4O2. The zero-order chi connectivity index (χ0) is 17.0. The minimum atomic E-state index is -0.505. The normalized spacial score (nSPS) is 10.9. The highest BCUT2D eigenvalue weighted by molar-refractivity contribution is 5.99. The van der Waals surface area contributed by atoms with E-state index in [1.807, 2.05) is 26.8 Å². The number of amides is 3. The van der Waals surface area contributed by atoms with Gasteiger partial charge in [0.25, 0.3) is 0 Å². The fourth-order valence-corrected chi connectivity index (χ4v) is 2.05. The Morgan fingerprint density at radius 3 is 2.35 bits per heavy atom. The second-order valence-electron chi connectivity index (χ2n) is 6.17. The van der Waals surface area contributed by atoms with Crippen molar-refractivity contribution in [3.8, 4) is 11.3 Å². The number of urea groups is 1. The standard InChI is InChI=1S/C17H20N4O2/c1-17(2,3)21-16(23)20-11-8-9-14(19-10-11)12-6-4-5-7-13(12)15(18)22/h4-10H,1-3H3,(H2,18,22)(H2,20,21,23). The van der Waals surface area contributed by atoms with Crippen LogP contribution in [-0.4, -0.2) is 22.5 Å².